The molecular weight excluding hydrogens is 240 g/mol. The van der Waals surface area contributed by atoms with E-state index < -0.39 is 0 Å². The van der Waals surface area contributed by atoms with Crippen LogP contribution in [-0.2, 0) is 11.2 Å². The van der Waals surface area contributed by atoms with Crippen molar-refractivity contribution in [2.75, 3.05) is 6.61 Å². The quantitative estimate of drug-likeness (QED) is 0.591. The lowest BCUT2D eigenvalue weighted by molar-refractivity contribution is 0.0526. The van der Waals surface area contributed by atoms with Gasteiger partial charge in [-0.05, 0) is 31.9 Å². The molecule has 0 saturated heterocycles. The summed E-state index contributed by atoms with van der Waals surface area (Å²) in [5.74, 6) is -0.286. The first-order valence-electron chi connectivity index (χ1n) is 6.89. The van der Waals surface area contributed by atoms with E-state index in [-0.39, 0.29) is 5.97 Å². The van der Waals surface area contributed by atoms with Crippen LogP contribution in [0.25, 0.3) is 5.65 Å². The number of rotatable bonds is 6. The van der Waals surface area contributed by atoms with Crippen LogP contribution in [0.3, 0.4) is 0 Å². The molecule has 0 atom stereocenters. The molecule has 19 heavy (non-hydrogen) atoms. The summed E-state index contributed by atoms with van der Waals surface area (Å²) in [4.78, 5) is 16.2. The lowest BCUT2D eigenvalue weighted by Gasteiger charge is -2.01. The smallest absolute Gasteiger partial charge is 0.339 e. The normalized spacial score (nSPS) is 10.8. The summed E-state index contributed by atoms with van der Waals surface area (Å²) in [7, 11) is 0. The van der Waals surface area contributed by atoms with E-state index in [0.29, 0.717) is 12.2 Å². The summed E-state index contributed by atoms with van der Waals surface area (Å²) in [5, 5.41) is 0. The number of hydrogen-bond donors (Lipinski definition) is 0. The third-order valence-corrected chi connectivity index (χ3v) is 3.05. The second-order valence-electron chi connectivity index (χ2n) is 4.59. The molecule has 0 aliphatic carbocycles. The minimum atomic E-state index is -0.286. The summed E-state index contributed by atoms with van der Waals surface area (Å²) < 4.78 is 6.89. The fourth-order valence-corrected chi connectivity index (χ4v) is 2.06. The molecule has 0 aromatic carbocycles. The number of carbonyl (C=O) groups excluding carboxylic acids is 1. The van der Waals surface area contributed by atoms with Gasteiger partial charge in [0.15, 0.2) is 0 Å². The molecule has 0 spiro atoms. The predicted molar refractivity (Wildman–Crippen MR) is 74.4 cm³/mol. The summed E-state index contributed by atoms with van der Waals surface area (Å²) in [6, 6.07) is 3.62. The molecule has 102 valence electrons. The van der Waals surface area contributed by atoms with Crippen LogP contribution in [0.15, 0.2) is 24.5 Å². The Morgan fingerprint density at radius 3 is 2.84 bits per heavy atom. The van der Waals surface area contributed by atoms with Gasteiger partial charge in [-0.2, -0.15) is 0 Å². The molecule has 4 nitrogen and oxygen atoms in total. The maximum Gasteiger partial charge on any atom is 0.339 e. The Hall–Kier alpha value is -1.84. The number of ether oxygens (including phenoxy) is 1. The highest BCUT2D eigenvalue weighted by molar-refractivity contribution is 5.89. The van der Waals surface area contributed by atoms with Gasteiger partial charge < -0.3 is 9.14 Å². The highest BCUT2D eigenvalue weighted by Crippen LogP contribution is 2.11. The van der Waals surface area contributed by atoms with Crippen LogP contribution in [0, 0.1) is 0 Å². The van der Waals surface area contributed by atoms with Crippen LogP contribution in [0.5, 0.6) is 0 Å². The maximum atomic E-state index is 11.7. The van der Waals surface area contributed by atoms with Crippen LogP contribution in [0.2, 0.25) is 0 Å². The number of fused-ring (bicyclic) bond motifs is 1. The third kappa shape index (κ3) is 3.34. The second kappa shape index (κ2) is 6.36. The molecule has 4 heteroatoms. The SMILES string of the molecule is CCCCCc1cn2cc(C(=O)OCC)ccc2n1. The molecule has 0 bridgehead atoms. The van der Waals surface area contributed by atoms with Crippen molar-refractivity contribution in [3.05, 3.63) is 35.8 Å². The maximum absolute atomic E-state index is 11.7. The Morgan fingerprint density at radius 1 is 1.26 bits per heavy atom. The van der Waals surface area contributed by atoms with Crippen LogP contribution in [0.1, 0.15) is 49.2 Å². The molecule has 0 radical (unpaired) electrons. The molecule has 0 unspecified atom stereocenters. The van der Waals surface area contributed by atoms with Crippen LogP contribution in [-0.4, -0.2) is 22.0 Å². The number of imidazole rings is 1. The molecule has 0 aliphatic heterocycles. The Kier molecular flexibility index (Phi) is 4.55. The molecular formula is C15H20N2O2. The number of esters is 1. The van der Waals surface area contributed by atoms with Crippen molar-refractivity contribution in [2.24, 2.45) is 0 Å². The van der Waals surface area contributed by atoms with Gasteiger partial charge in [0, 0.05) is 12.4 Å². The van der Waals surface area contributed by atoms with E-state index in [2.05, 4.69) is 11.9 Å². The Bertz CT molecular complexity index is 560. The van der Waals surface area contributed by atoms with E-state index in [1.54, 1.807) is 19.2 Å². The Balaban J connectivity index is 2.16. The Morgan fingerprint density at radius 2 is 2.11 bits per heavy atom. The van der Waals surface area contributed by atoms with Gasteiger partial charge >= 0.3 is 5.97 Å². The standard InChI is InChI=1S/C15H20N2O2/c1-3-5-6-7-13-11-17-10-12(15(18)19-4-2)8-9-14(17)16-13/h8-11H,3-7H2,1-2H3. The van der Waals surface area contributed by atoms with Crippen LogP contribution >= 0.6 is 0 Å². The topological polar surface area (TPSA) is 43.6 Å². The molecule has 0 aliphatic rings. The lowest BCUT2D eigenvalue weighted by Crippen LogP contribution is -2.05. The molecule has 0 N–H and O–H groups in total. The summed E-state index contributed by atoms with van der Waals surface area (Å²) >= 11 is 0. The van der Waals surface area contributed by atoms with Gasteiger partial charge in [-0.15, -0.1) is 0 Å². The summed E-state index contributed by atoms with van der Waals surface area (Å²) in [6.45, 7) is 4.39. The van der Waals surface area contributed by atoms with E-state index in [9.17, 15) is 4.79 Å². The molecule has 2 heterocycles. The number of nitrogens with zero attached hydrogens (tertiary/aromatic N) is 2. The average molecular weight is 260 g/mol. The predicted octanol–water partition coefficient (Wildman–Crippen LogP) is 3.24. The van der Waals surface area contributed by atoms with Crippen molar-refractivity contribution in [2.45, 2.75) is 39.5 Å². The minimum Gasteiger partial charge on any atom is -0.462 e. The van der Waals surface area contributed by atoms with E-state index in [1.165, 1.54) is 12.8 Å². The zero-order valence-electron chi connectivity index (χ0n) is 11.6. The molecule has 0 saturated carbocycles. The van der Waals surface area contributed by atoms with Gasteiger partial charge in [0.25, 0.3) is 0 Å². The monoisotopic (exact) mass is 260 g/mol. The van der Waals surface area contributed by atoms with Gasteiger partial charge in [-0.25, -0.2) is 9.78 Å². The molecule has 2 aromatic rings. The molecule has 0 amide bonds. The number of hydrogen-bond acceptors (Lipinski definition) is 3. The number of pyridine rings is 1. The largest absolute Gasteiger partial charge is 0.462 e. The van der Waals surface area contributed by atoms with E-state index >= 15 is 0 Å². The number of carbonyl (C=O) groups is 1. The van der Waals surface area contributed by atoms with Gasteiger partial charge in [-0.1, -0.05) is 19.8 Å². The first-order chi connectivity index (χ1) is 9.24. The van der Waals surface area contributed by atoms with Gasteiger partial charge in [-0.3, -0.25) is 0 Å². The number of aromatic nitrogens is 2. The van der Waals surface area contributed by atoms with Crippen molar-refractivity contribution in [3.8, 4) is 0 Å². The van der Waals surface area contributed by atoms with Gasteiger partial charge in [0.1, 0.15) is 5.65 Å². The van der Waals surface area contributed by atoms with E-state index in [0.717, 1.165) is 24.2 Å². The highest BCUT2D eigenvalue weighted by atomic mass is 16.5. The summed E-state index contributed by atoms with van der Waals surface area (Å²) in [6.07, 6.45) is 8.36. The van der Waals surface area contributed by atoms with Gasteiger partial charge in [0.05, 0.1) is 17.9 Å². The first kappa shape index (κ1) is 13.6. The van der Waals surface area contributed by atoms with Crippen LogP contribution in [0.4, 0.5) is 0 Å². The average Bonchev–Trinajstić information content (AvgIpc) is 2.81. The zero-order chi connectivity index (χ0) is 13.7. The van der Waals surface area contributed by atoms with Crippen molar-refractivity contribution < 1.29 is 9.53 Å². The van der Waals surface area contributed by atoms with E-state index in [1.807, 2.05) is 16.7 Å². The summed E-state index contributed by atoms with van der Waals surface area (Å²) in [5.41, 5.74) is 2.51. The second-order valence-corrected chi connectivity index (χ2v) is 4.59. The highest BCUT2D eigenvalue weighted by Gasteiger charge is 2.08. The van der Waals surface area contributed by atoms with Crippen molar-refractivity contribution in [1.29, 1.82) is 0 Å². The van der Waals surface area contributed by atoms with Crippen LogP contribution < -0.4 is 0 Å². The van der Waals surface area contributed by atoms with Crippen molar-refractivity contribution in [3.63, 3.8) is 0 Å². The van der Waals surface area contributed by atoms with Crippen molar-refractivity contribution >= 4 is 11.6 Å². The van der Waals surface area contributed by atoms with E-state index in [4.69, 9.17) is 4.74 Å². The molecule has 0 fully saturated rings. The fourth-order valence-electron chi connectivity index (χ4n) is 2.06. The zero-order valence-corrected chi connectivity index (χ0v) is 11.6. The van der Waals surface area contributed by atoms with Crippen molar-refractivity contribution in [1.82, 2.24) is 9.38 Å². The first-order valence-corrected chi connectivity index (χ1v) is 6.89. The number of aryl methyl sites for hydroxylation is 1. The third-order valence-electron chi connectivity index (χ3n) is 3.05. The minimum absolute atomic E-state index is 0.286. The number of unbranched alkanes of at least 4 members (excludes halogenated alkanes) is 2. The molecule has 2 rings (SSSR count). The van der Waals surface area contributed by atoms with Gasteiger partial charge in [0.2, 0.25) is 0 Å². The Labute approximate surface area is 113 Å². The lowest BCUT2D eigenvalue weighted by atomic mass is 10.2. The fraction of sp³-hybridized carbons (Fsp3) is 0.467. The molecule has 2 aromatic heterocycles.